The third kappa shape index (κ3) is 2.59. The minimum atomic E-state index is -1.35. The summed E-state index contributed by atoms with van der Waals surface area (Å²) in [6, 6.07) is 2.54. The first kappa shape index (κ1) is 15.3. The average Bonchev–Trinajstić information content (AvgIpc) is 2.43. The van der Waals surface area contributed by atoms with Crippen molar-refractivity contribution < 1.29 is 19.0 Å². The minimum Gasteiger partial charge on any atom is -0.492 e. The van der Waals surface area contributed by atoms with Crippen molar-refractivity contribution in [3.05, 3.63) is 39.9 Å². The Hall–Kier alpha value is -2.05. The molecule has 1 heterocycles. The van der Waals surface area contributed by atoms with Gasteiger partial charge in [-0.1, -0.05) is 23.2 Å². The van der Waals surface area contributed by atoms with E-state index in [9.17, 15) is 9.18 Å². The van der Waals surface area contributed by atoms with Crippen molar-refractivity contribution in [3.63, 3.8) is 0 Å². The Kier molecular flexibility index (Phi) is 4.20. The molecule has 0 amide bonds. The Bertz CT molecular complexity index is 738. The van der Waals surface area contributed by atoms with Crippen LogP contribution in [0.1, 0.15) is 10.5 Å². The van der Waals surface area contributed by atoms with Gasteiger partial charge in [-0.15, -0.1) is 0 Å². The van der Waals surface area contributed by atoms with Gasteiger partial charge in [0, 0.05) is 23.0 Å². The van der Waals surface area contributed by atoms with Gasteiger partial charge in [0.1, 0.15) is 5.02 Å². The van der Waals surface area contributed by atoms with E-state index in [0.717, 1.165) is 0 Å². The van der Waals surface area contributed by atoms with Gasteiger partial charge in [0.05, 0.1) is 12.1 Å². The van der Waals surface area contributed by atoms with E-state index in [0.29, 0.717) is 0 Å². The second kappa shape index (κ2) is 5.75. The number of aromatic carboxylic acids is 1. The van der Waals surface area contributed by atoms with Crippen LogP contribution in [-0.2, 0) is 0 Å². The van der Waals surface area contributed by atoms with Crippen molar-refractivity contribution >= 4 is 34.9 Å². The molecule has 0 aliphatic rings. The van der Waals surface area contributed by atoms with E-state index in [1.165, 1.54) is 25.4 Å². The van der Waals surface area contributed by atoms with Gasteiger partial charge < -0.3 is 15.6 Å². The van der Waals surface area contributed by atoms with Gasteiger partial charge in [-0.05, 0) is 12.1 Å². The van der Waals surface area contributed by atoms with Crippen LogP contribution in [0.25, 0.3) is 11.1 Å². The summed E-state index contributed by atoms with van der Waals surface area (Å²) in [7, 11) is 1.22. The number of rotatable bonds is 3. The normalized spacial score (nSPS) is 10.5. The lowest BCUT2D eigenvalue weighted by Crippen LogP contribution is -2.07. The van der Waals surface area contributed by atoms with Crippen LogP contribution in [0.2, 0.25) is 10.0 Å². The number of nitrogens with zero attached hydrogens (tertiary/aromatic N) is 1. The fourth-order valence-corrected chi connectivity index (χ4v) is 2.27. The number of benzene rings is 1. The van der Waals surface area contributed by atoms with Crippen molar-refractivity contribution in [3.8, 4) is 16.9 Å². The highest BCUT2D eigenvalue weighted by molar-refractivity contribution is 6.43. The molecule has 0 fully saturated rings. The number of anilines is 1. The molecule has 3 N–H and O–H groups in total. The Morgan fingerprint density at radius 3 is 2.71 bits per heavy atom. The number of ether oxygens (including phenoxy) is 1. The molecule has 0 bridgehead atoms. The maximum Gasteiger partial charge on any atom is 0.355 e. The van der Waals surface area contributed by atoms with Crippen molar-refractivity contribution in [2.24, 2.45) is 0 Å². The summed E-state index contributed by atoms with van der Waals surface area (Å²) in [5.74, 6) is -2.51. The maximum absolute atomic E-state index is 14.5. The van der Waals surface area contributed by atoms with Gasteiger partial charge in [0.2, 0.25) is 0 Å². The van der Waals surface area contributed by atoms with Gasteiger partial charge in [-0.25, -0.2) is 14.2 Å². The highest BCUT2D eigenvalue weighted by Crippen LogP contribution is 2.42. The zero-order chi connectivity index (χ0) is 15.7. The van der Waals surface area contributed by atoms with Crippen molar-refractivity contribution in [1.82, 2.24) is 4.98 Å². The van der Waals surface area contributed by atoms with Crippen LogP contribution in [0.3, 0.4) is 0 Å². The van der Waals surface area contributed by atoms with Gasteiger partial charge in [0.15, 0.2) is 17.3 Å². The van der Waals surface area contributed by atoms with Crippen LogP contribution in [0.4, 0.5) is 10.1 Å². The van der Waals surface area contributed by atoms with Gasteiger partial charge in [-0.2, -0.15) is 0 Å². The predicted molar refractivity (Wildman–Crippen MR) is 77.6 cm³/mol. The van der Waals surface area contributed by atoms with Crippen LogP contribution in [0.5, 0.6) is 5.75 Å². The van der Waals surface area contributed by atoms with Crippen LogP contribution in [0.15, 0.2) is 18.3 Å². The Morgan fingerprint density at radius 2 is 2.14 bits per heavy atom. The molecule has 2 aromatic rings. The first-order valence-corrected chi connectivity index (χ1v) is 6.33. The molecule has 0 saturated heterocycles. The lowest BCUT2D eigenvalue weighted by Gasteiger charge is -2.14. The minimum absolute atomic E-state index is 0.00417. The quantitative estimate of drug-likeness (QED) is 0.841. The second-order valence-corrected chi connectivity index (χ2v) is 4.78. The molecule has 1 aromatic heterocycles. The number of aromatic nitrogens is 1. The molecule has 0 spiro atoms. The molecule has 0 unspecified atom stereocenters. The first-order chi connectivity index (χ1) is 9.88. The summed E-state index contributed by atoms with van der Waals surface area (Å²) in [6.45, 7) is 0. The molecule has 0 aliphatic carbocycles. The highest BCUT2D eigenvalue weighted by Gasteiger charge is 2.24. The zero-order valence-corrected chi connectivity index (χ0v) is 12.2. The molecule has 0 atom stereocenters. The summed E-state index contributed by atoms with van der Waals surface area (Å²) in [5, 5.41) is 9.05. The van der Waals surface area contributed by atoms with E-state index < -0.39 is 17.5 Å². The van der Waals surface area contributed by atoms with Crippen molar-refractivity contribution in [2.45, 2.75) is 0 Å². The van der Waals surface area contributed by atoms with Gasteiger partial charge in [-0.3, -0.25) is 0 Å². The summed E-state index contributed by atoms with van der Waals surface area (Å²) < 4.78 is 19.3. The van der Waals surface area contributed by atoms with Gasteiger partial charge in [0.25, 0.3) is 0 Å². The number of nitrogens with two attached hydrogens (primary N) is 1. The molecule has 110 valence electrons. The SMILES string of the molecule is COc1c(F)c(-c2c(N)ccnc2C(=O)O)cc(Cl)c1Cl. The molecular formula is C13H9Cl2FN2O3. The van der Waals surface area contributed by atoms with Crippen LogP contribution in [0, 0.1) is 5.82 Å². The summed E-state index contributed by atoms with van der Waals surface area (Å²) in [6.07, 6.45) is 1.22. The Morgan fingerprint density at radius 1 is 1.48 bits per heavy atom. The number of carboxylic acid groups (broad SMARTS) is 1. The lowest BCUT2D eigenvalue weighted by atomic mass is 10.0. The molecule has 1 aromatic carbocycles. The second-order valence-electron chi connectivity index (χ2n) is 4.00. The van der Waals surface area contributed by atoms with E-state index in [1.54, 1.807) is 0 Å². The molecule has 0 saturated carbocycles. The number of hydrogen-bond acceptors (Lipinski definition) is 4. The fourth-order valence-electron chi connectivity index (χ4n) is 1.86. The molecule has 2 rings (SSSR count). The predicted octanol–water partition coefficient (Wildman–Crippen LogP) is 3.48. The van der Waals surface area contributed by atoms with E-state index in [4.69, 9.17) is 38.8 Å². The molecule has 21 heavy (non-hydrogen) atoms. The number of hydrogen-bond donors (Lipinski definition) is 2. The third-order valence-corrected chi connectivity index (χ3v) is 3.55. The van der Waals surface area contributed by atoms with E-state index in [-0.39, 0.29) is 32.6 Å². The number of carbonyl (C=O) groups is 1. The molecule has 5 nitrogen and oxygen atoms in total. The summed E-state index contributed by atoms with van der Waals surface area (Å²) in [4.78, 5) is 14.9. The maximum atomic E-state index is 14.5. The Balaban J connectivity index is 2.86. The largest absolute Gasteiger partial charge is 0.492 e. The molecular weight excluding hydrogens is 322 g/mol. The third-order valence-electron chi connectivity index (χ3n) is 2.78. The van der Waals surface area contributed by atoms with Crippen LogP contribution in [-0.4, -0.2) is 23.2 Å². The van der Waals surface area contributed by atoms with Crippen molar-refractivity contribution in [2.75, 3.05) is 12.8 Å². The van der Waals surface area contributed by atoms with Crippen molar-refractivity contribution in [1.29, 1.82) is 0 Å². The number of pyridine rings is 1. The fraction of sp³-hybridized carbons (Fsp3) is 0.0769. The van der Waals surface area contributed by atoms with Crippen LogP contribution < -0.4 is 10.5 Å². The number of halogens is 3. The molecule has 0 radical (unpaired) electrons. The average molecular weight is 331 g/mol. The van der Waals surface area contributed by atoms with Crippen LogP contribution >= 0.6 is 23.2 Å². The van der Waals surface area contributed by atoms with E-state index >= 15 is 0 Å². The standard InChI is InChI=1S/C13H9Cl2FN2O3/c1-21-12-9(15)6(14)4-5(10(12)16)8-7(17)2-3-18-11(8)13(19)20/h2-4H,1H3,(H2,17,18)(H,19,20). The monoisotopic (exact) mass is 330 g/mol. The van der Waals surface area contributed by atoms with E-state index in [2.05, 4.69) is 4.98 Å². The zero-order valence-electron chi connectivity index (χ0n) is 10.7. The summed E-state index contributed by atoms with van der Waals surface area (Å²) in [5.41, 5.74) is 5.17. The Labute approximate surface area is 129 Å². The topological polar surface area (TPSA) is 85.4 Å². The number of carboxylic acids is 1. The molecule has 8 heteroatoms. The summed E-state index contributed by atoms with van der Waals surface area (Å²) >= 11 is 11.8. The van der Waals surface area contributed by atoms with Gasteiger partial charge >= 0.3 is 5.97 Å². The van der Waals surface area contributed by atoms with E-state index in [1.807, 2.05) is 0 Å². The molecule has 0 aliphatic heterocycles. The smallest absolute Gasteiger partial charge is 0.355 e. The highest BCUT2D eigenvalue weighted by atomic mass is 35.5. The lowest BCUT2D eigenvalue weighted by molar-refractivity contribution is 0.0691. The number of nitrogen functional groups attached to an aromatic ring is 1. The first-order valence-electron chi connectivity index (χ1n) is 5.58. The number of methoxy groups -OCH3 is 1.